The van der Waals surface area contributed by atoms with Crippen molar-refractivity contribution in [3.8, 4) is 6.07 Å². The average molecular weight is 300 g/mol. The highest BCUT2D eigenvalue weighted by molar-refractivity contribution is 7.89. The summed E-state index contributed by atoms with van der Waals surface area (Å²) in [6, 6.07) is 1.34. The number of nitrogens with one attached hydrogen (secondary N) is 1. The number of nitrogens with zero attached hydrogens (tertiary/aromatic N) is 3. The first-order valence-electron chi connectivity index (χ1n) is 5.84. The van der Waals surface area contributed by atoms with E-state index in [4.69, 9.17) is 10.4 Å². The first-order valence-corrected chi connectivity index (χ1v) is 7.32. The van der Waals surface area contributed by atoms with E-state index in [9.17, 15) is 13.2 Å². The molecule has 9 heteroatoms. The van der Waals surface area contributed by atoms with Gasteiger partial charge in [-0.25, -0.2) is 13.1 Å². The summed E-state index contributed by atoms with van der Waals surface area (Å²) in [6.07, 6.45) is 0.0423. The molecule has 0 amide bonds. The number of sulfonamides is 1. The zero-order chi connectivity index (χ0) is 15.5. The van der Waals surface area contributed by atoms with Crippen LogP contribution in [0.2, 0.25) is 0 Å². The lowest BCUT2D eigenvalue weighted by atomic mass is 10.3. The molecule has 8 nitrogen and oxygen atoms in total. The predicted octanol–water partition coefficient (Wildman–Crippen LogP) is 0.165. The van der Waals surface area contributed by atoms with E-state index in [1.807, 2.05) is 6.07 Å². The van der Waals surface area contributed by atoms with Crippen LogP contribution in [0.5, 0.6) is 0 Å². The van der Waals surface area contributed by atoms with Crippen molar-refractivity contribution in [2.24, 2.45) is 0 Å². The van der Waals surface area contributed by atoms with E-state index >= 15 is 0 Å². The molecule has 0 aliphatic rings. The van der Waals surface area contributed by atoms with Gasteiger partial charge in [0.25, 0.3) is 0 Å². The Balaban J connectivity index is 3.16. The van der Waals surface area contributed by atoms with Gasteiger partial charge in [-0.15, -0.1) is 0 Å². The number of hydrogen-bond acceptors (Lipinski definition) is 5. The van der Waals surface area contributed by atoms with Crippen molar-refractivity contribution in [3.05, 3.63) is 11.4 Å². The Labute approximate surface area is 117 Å². The van der Waals surface area contributed by atoms with Crippen LogP contribution < -0.4 is 4.72 Å². The molecule has 0 aliphatic heterocycles. The van der Waals surface area contributed by atoms with Gasteiger partial charge in [0.2, 0.25) is 10.0 Å². The molecule has 2 N–H and O–H groups in total. The minimum Gasteiger partial charge on any atom is -0.480 e. The van der Waals surface area contributed by atoms with Gasteiger partial charge in [-0.1, -0.05) is 0 Å². The minimum atomic E-state index is -3.84. The lowest BCUT2D eigenvalue weighted by Gasteiger charge is -2.11. The maximum Gasteiger partial charge on any atom is 0.325 e. The number of aliphatic carboxylic acids is 1. The molecular weight excluding hydrogens is 284 g/mol. The van der Waals surface area contributed by atoms with Gasteiger partial charge in [-0.2, -0.15) is 10.4 Å². The summed E-state index contributed by atoms with van der Waals surface area (Å²) < 4.78 is 28.0. The van der Waals surface area contributed by atoms with Gasteiger partial charge in [0.05, 0.1) is 23.9 Å². The highest BCUT2D eigenvalue weighted by Crippen LogP contribution is 2.19. The number of carboxylic acid groups (broad SMARTS) is 1. The maximum absolute atomic E-state index is 12.2. The van der Waals surface area contributed by atoms with Gasteiger partial charge in [-0.05, 0) is 20.8 Å². The van der Waals surface area contributed by atoms with E-state index in [2.05, 4.69) is 9.82 Å². The molecule has 0 saturated carbocycles. The number of nitriles is 1. The topological polar surface area (TPSA) is 125 Å². The molecule has 1 heterocycles. The molecule has 1 atom stereocenters. The van der Waals surface area contributed by atoms with E-state index in [0.29, 0.717) is 0 Å². The predicted molar refractivity (Wildman–Crippen MR) is 69.4 cm³/mol. The number of carbonyl (C=O) groups is 1. The Kier molecular flexibility index (Phi) is 4.86. The van der Waals surface area contributed by atoms with E-state index in [-0.39, 0.29) is 22.7 Å². The fourth-order valence-corrected chi connectivity index (χ4v) is 3.51. The number of hydrogen-bond donors (Lipinski definition) is 2. The third kappa shape index (κ3) is 3.55. The second kappa shape index (κ2) is 6.02. The number of carboxylic acids is 1. The Hall–Kier alpha value is -1.92. The highest BCUT2D eigenvalue weighted by atomic mass is 32.2. The second-order valence-electron chi connectivity index (χ2n) is 4.44. The number of rotatable bonds is 6. The zero-order valence-electron chi connectivity index (χ0n) is 11.4. The molecule has 1 rings (SSSR count). The molecule has 0 saturated heterocycles. The van der Waals surface area contributed by atoms with E-state index in [0.717, 1.165) is 4.68 Å². The fourth-order valence-electron chi connectivity index (χ4n) is 1.85. The van der Waals surface area contributed by atoms with Crippen LogP contribution in [0, 0.1) is 25.2 Å². The molecule has 0 aliphatic carbocycles. The van der Waals surface area contributed by atoms with E-state index in [1.165, 1.54) is 13.8 Å². The van der Waals surface area contributed by atoms with Gasteiger partial charge in [-0.3, -0.25) is 9.48 Å². The van der Waals surface area contributed by atoms with Gasteiger partial charge >= 0.3 is 5.97 Å². The molecule has 0 fully saturated rings. The summed E-state index contributed by atoms with van der Waals surface area (Å²) in [5.74, 6) is -1.11. The van der Waals surface area contributed by atoms with Crippen molar-refractivity contribution >= 4 is 16.0 Å². The molecule has 1 aromatic heterocycles. The lowest BCUT2D eigenvalue weighted by molar-refractivity contribution is -0.137. The van der Waals surface area contributed by atoms with Crippen molar-refractivity contribution in [2.75, 3.05) is 0 Å². The molecule has 0 radical (unpaired) electrons. The first kappa shape index (κ1) is 16.1. The molecular formula is C11H16N4O4S. The molecule has 1 unspecified atom stereocenters. The third-order valence-electron chi connectivity index (χ3n) is 2.62. The normalized spacial score (nSPS) is 12.9. The van der Waals surface area contributed by atoms with Crippen molar-refractivity contribution in [2.45, 2.75) is 44.7 Å². The standard InChI is InChI=1S/C11H16N4O4S/c1-7(4-5-12)14-20(18,19)11-8(2)13-15(9(11)3)6-10(16)17/h7,14H,4,6H2,1-3H3,(H,16,17). The van der Waals surface area contributed by atoms with Gasteiger partial charge in [0.1, 0.15) is 11.4 Å². The van der Waals surface area contributed by atoms with Gasteiger partial charge in [0.15, 0.2) is 0 Å². The van der Waals surface area contributed by atoms with Crippen molar-refractivity contribution < 1.29 is 18.3 Å². The Bertz CT molecular complexity index is 657. The Morgan fingerprint density at radius 2 is 2.15 bits per heavy atom. The SMILES string of the molecule is Cc1nn(CC(=O)O)c(C)c1S(=O)(=O)NC(C)CC#N. The maximum atomic E-state index is 12.2. The number of aromatic nitrogens is 2. The van der Waals surface area contributed by atoms with Crippen LogP contribution in [0.3, 0.4) is 0 Å². The first-order chi connectivity index (χ1) is 9.19. The molecule has 20 heavy (non-hydrogen) atoms. The summed E-state index contributed by atoms with van der Waals surface area (Å²) in [7, 11) is -3.84. The number of aryl methyl sites for hydroxylation is 1. The van der Waals surface area contributed by atoms with Crippen LogP contribution in [-0.4, -0.2) is 35.3 Å². The molecule has 0 aromatic carbocycles. The van der Waals surface area contributed by atoms with Crippen LogP contribution in [-0.2, 0) is 21.4 Å². The van der Waals surface area contributed by atoms with Gasteiger partial charge < -0.3 is 5.11 Å². The van der Waals surface area contributed by atoms with E-state index < -0.39 is 28.6 Å². The van der Waals surface area contributed by atoms with Crippen LogP contribution >= 0.6 is 0 Å². The van der Waals surface area contributed by atoms with Crippen LogP contribution in [0.1, 0.15) is 24.7 Å². The summed E-state index contributed by atoms with van der Waals surface area (Å²) in [5, 5.41) is 21.2. The third-order valence-corrected chi connectivity index (χ3v) is 4.46. The lowest BCUT2D eigenvalue weighted by Crippen LogP contribution is -2.33. The van der Waals surface area contributed by atoms with Crippen molar-refractivity contribution in [1.29, 1.82) is 5.26 Å². The largest absolute Gasteiger partial charge is 0.480 e. The van der Waals surface area contributed by atoms with Gasteiger partial charge in [0, 0.05) is 6.04 Å². The van der Waals surface area contributed by atoms with Crippen molar-refractivity contribution in [3.63, 3.8) is 0 Å². The van der Waals surface area contributed by atoms with Crippen LogP contribution in [0.25, 0.3) is 0 Å². The average Bonchev–Trinajstić information content (AvgIpc) is 2.52. The van der Waals surface area contributed by atoms with E-state index in [1.54, 1.807) is 6.92 Å². The molecule has 0 spiro atoms. The molecule has 110 valence electrons. The van der Waals surface area contributed by atoms with Crippen molar-refractivity contribution in [1.82, 2.24) is 14.5 Å². The summed E-state index contributed by atoms with van der Waals surface area (Å²) in [5.41, 5.74) is 0.474. The monoisotopic (exact) mass is 300 g/mol. The summed E-state index contributed by atoms with van der Waals surface area (Å²) in [4.78, 5) is 10.7. The van der Waals surface area contributed by atoms with Crippen LogP contribution in [0.15, 0.2) is 4.90 Å². The zero-order valence-corrected chi connectivity index (χ0v) is 12.2. The minimum absolute atomic E-state index is 0.0384. The van der Waals surface area contributed by atoms with Crippen LogP contribution in [0.4, 0.5) is 0 Å². The quantitative estimate of drug-likeness (QED) is 0.771. The fraction of sp³-hybridized carbons (Fsp3) is 0.545. The second-order valence-corrected chi connectivity index (χ2v) is 6.09. The smallest absolute Gasteiger partial charge is 0.325 e. The summed E-state index contributed by atoms with van der Waals surface area (Å²) in [6.45, 7) is 4.16. The Morgan fingerprint density at radius 3 is 2.65 bits per heavy atom. The summed E-state index contributed by atoms with van der Waals surface area (Å²) >= 11 is 0. The molecule has 0 bridgehead atoms. The highest BCUT2D eigenvalue weighted by Gasteiger charge is 2.26. The Morgan fingerprint density at radius 1 is 1.55 bits per heavy atom. The molecule has 1 aromatic rings.